The second-order valence-corrected chi connectivity index (χ2v) is 6.70. The Bertz CT molecular complexity index is 429. The Morgan fingerprint density at radius 2 is 2.41 bits per heavy atom. The summed E-state index contributed by atoms with van der Waals surface area (Å²) in [5.74, 6) is 2.52. The Balaban J connectivity index is 1.54. The van der Waals surface area contributed by atoms with E-state index in [4.69, 9.17) is 0 Å². The summed E-state index contributed by atoms with van der Waals surface area (Å²) in [5.41, 5.74) is 0. The summed E-state index contributed by atoms with van der Waals surface area (Å²) >= 11 is 1.55. The average Bonchev–Trinajstić information content (AvgIpc) is 2.95. The zero-order valence-corrected chi connectivity index (χ0v) is 10.9. The van der Waals surface area contributed by atoms with E-state index < -0.39 is 0 Å². The molecule has 2 aliphatic rings. The normalized spacial score (nSPS) is 30.8. The Kier molecular flexibility index (Phi) is 2.90. The SMILES string of the molecule is Cc1cnc(NC(=O)C[C@H]2C[C@@H]3CC[C@@H]2C3)s1. The Morgan fingerprint density at radius 1 is 1.53 bits per heavy atom. The van der Waals surface area contributed by atoms with Crippen LogP contribution in [0.25, 0.3) is 0 Å². The fourth-order valence-corrected chi connectivity index (χ4v) is 4.13. The molecule has 4 heteroatoms. The molecule has 92 valence electrons. The lowest BCUT2D eigenvalue weighted by molar-refractivity contribution is -0.117. The number of rotatable bonds is 3. The predicted octanol–water partition coefficient (Wildman–Crippen LogP) is 3.22. The van der Waals surface area contributed by atoms with Gasteiger partial charge in [-0.1, -0.05) is 6.42 Å². The monoisotopic (exact) mass is 250 g/mol. The molecule has 2 saturated carbocycles. The van der Waals surface area contributed by atoms with E-state index in [1.54, 1.807) is 17.5 Å². The molecule has 0 unspecified atom stereocenters. The van der Waals surface area contributed by atoms with Gasteiger partial charge in [-0.05, 0) is 43.9 Å². The van der Waals surface area contributed by atoms with Crippen molar-refractivity contribution >= 4 is 22.4 Å². The van der Waals surface area contributed by atoms with Gasteiger partial charge in [-0.15, -0.1) is 11.3 Å². The molecule has 2 aliphatic carbocycles. The van der Waals surface area contributed by atoms with Crippen LogP contribution in [-0.2, 0) is 4.79 Å². The fraction of sp³-hybridized carbons (Fsp3) is 0.692. The molecule has 0 aliphatic heterocycles. The van der Waals surface area contributed by atoms with Crippen molar-refractivity contribution in [2.24, 2.45) is 17.8 Å². The number of carbonyl (C=O) groups is 1. The number of anilines is 1. The van der Waals surface area contributed by atoms with Crippen LogP contribution in [-0.4, -0.2) is 10.9 Å². The van der Waals surface area contributed by atoms with Crippen LogP contribution in [0.1, 0.15) is 37.0 Å². The van der Waals surface area contributed by atoms with Gasteiger partial charge in [0.1, 0.15) is 0 Å². The molecule has 0 saturated heterocycles. The van der Waals surface area contributed by atoms with Gasteiger partial charge >= 0.3 is 0 Å². The molecule has 1 N–H and O–H groups in total. The van der Waals surface area contributed by atoms with Crippen molar-refractivity contribution < 1.29 is 4.79 Å². The molecular weight excluding hydrogens is 232 g/mol. The van der Waals surface area contributed by atoms with E-state index in [0.29, 0.717) is 12.3 Å². The lowest BCUT2D eigenvalue weighted by Crippen LogP contribution is -2.20. The molecule has 2 bridgehead atoms. The van der Waals surface area contributed by atoms with Crippen molar-refractivity contribution in [3.05, 3.63) is 11.1 Å². The summed E-state index contributed by atoms with van der Waals surface area (Å²) in [6, 6.07) is 0. The molecule has 1 aromatic rings. The van der Waals surface area contributed by atoms with Crippen LogP contribution in [0.4, 0.5) is 5.13 Å². The van der Waals surface area contributed by atoms with Gasteiger partial charge in [-0.25, -0.2) is 4.98 Å². The highest BCUT2D eigenvalue weighted by Gasteiger charge is 2.40. The third kappa shape index (κ3) is 2.37. The number of nitrogens with zero attached hydrogens (tertiary/aromatic N) is 1. The van der Waals surface area contributed by atoms with Gasteiger partial charge in [0.25, 0.3) is 0 Å². The Morgan fingerprint density at radius 3 is 3.00 bits per heavy atom. The third-order valence-electron chi connectivity index (χ3n) is 4.20. The number of hydrogen-bond donors (Lipinski definition) is 1. The zero-order chi connectivity index (χ0) is 11.8. The van der Waals surface area contributed by atoms with Crippen molar-refractivity contribution in [3.63, 3.8) is 0 Å². The van der Waals surface area contributed by atoms with Crippen molar-refractivity contribution in [1.82, 2.24) is 4.98 Å². The first kappa shape index (κ1) is 11.2. The minimum atomic E-state index is 0.150. The van der Waals surface area contributed by atoms with E-state index in [1.165, 1.54) is 25.7 Å². The molecule has 3 nitrogen and oxygen atoms in total. The largest absolute Gasteiger partial charge is 0.302 e. The number of fused-ring (bicyclic) bond motifs is 2. The summed E-state index contributed by atoms with van der Waals surface area (Å²) in [7, 11) is 0. The van der Waals surface area contributed by atoms with Gasteiger partial charge in [-0.2, -0.15) is 0 Å². The number of hydrogen-bond acceptors (Lipinski definition) is 3. The fourth-order valence-electron chi connectivity index (χ4n) is 3.45. The highest BCUT2D eigenvalue weighted by molar-refractivity contribution is 7.15. The predicted molar refractivity (Wildman–Crippen MR) is 69.0 cm³/mol. The van der Waals surface area contributed by atoms with Crippen molar-refractivity contribution in [1.29, 1.82) is 0 Å². The van der Waals surface area contributed by atoms with E-state index in [1.807, 2.05) is 6.92 Å². The lowest BCUT2D eigenvalue weighted by atomic mass is 9.86. The minimum Gasteiger partial charge on any atom is -0.302 e. The van der Waals surface area contributed by atoms with Crippen LogP contribution < -0.4 is 5.32 Å². The summed E-state index contributed by atoms with van der Waals surface area (Å²) in [6.45, 7) is 2.00. The number of thiazole rings is 1. The standard InChI is InChI=1S/C13H18N2OS/c1-8-7-14-13(17-8)15-12(16)6-11-5-9-2-3-10(11)4-9/h7,9-11H,2-6H2,1H3,(H,14,15,16)/t9-,10-,11-/m1/s1. The van der Waals surface area contributed by atoms with Crippen molar-refractivity contribution in [2.45, 2.75) is 39.0 Å². The van der Waals surface area contributed by atoms with Gasteiger partial charge < -0.3 is 5.32 Å². The smallest absolute Gasteiger partial charge is 0.226 e. The van der Waals surface area contributed by atoms with E-state index in [2.05, 4.69) is 10.3 Å². The van der Waals surface area contributed by atoms with Crippen LogP contribution >= 0.6 is 11.3 Å². The van der Waals surface area contributed by atoms with Gasteiger partial charge in [-0.3, -0.25) is 4.79 Å². The Hall–Kier alpha value is -0.900. The topological polar surface area (TPSA) is 42.0 Å². The van der Waals surface area contributed by atoms with Gasteiger partial charge in [0, 0.05) is 17.5 Å². The minimum absolute atomic E-state index is 0.150. The quantitative estimate of drug-likeness (QED) is 0.895. The second kappa shape index (κ2) is 4.41. The summed E-state index contributed by atoms with van der Waals surface area (Å²) < 4.78 is 0. The molecule has 1 amide bonds. The highest BCUT2D eigenvalue weighted by atomic mass is 32.1. The molecule has 3 rings (SSSR count). The van der Waals surface area contributed by atoms with Gasteiger partial charge in [0.15, 0.2) is 5.13 Å². The van der Waals surface area contributed by atoms with Crippen LogP contribution in [0.15, 0.2) is 6.20 Å². The van der Waals surface area contributed by atoms with E-state index in [9.17, 15) is 4.79 Å². The maximum Gasteiger partial charge on any atom is 0.226 e. The summed E-state index contributed by atoms with van der Waals surface area (Å²) in [5, 5.41) is 3.66. The molecular formula is C13H18N2OS. The number of aromatic nitrogens is 1. The third-order valence-corrected chi connectivity index (χ3v) is 5.03. The molecule has 1 heterocycles. The number of amides is 1. The molecule has 17 heavy (non-hydrogen) atoms. The van der Waals surface area contributed by atoms with Gasteiger partial charge in [0.2, 0.25) is 5.91 Å². The molecule has 2 fully saturated rings. The lowest BCUT2D eigenvalue weighted by Gasteiger charge is -2.20. The Labute approximate surface area is 106 Å². The molecule has 0 spiro atoms. The van der Waals surface area contributed by atoms with Crippen LogP contribution in [0.2, 0.25) is 0 Å². The maximum absolute atomic E-state index is 11.9. The number of aryl methyl sites for hydroxylation is 1. The first-order valence-electron chi connectivity index (χ1n) is 6.43. The second-order valence-electron chi connectivity index (χ2n) is 5.46. The first-order chi connectivity index (χ1) is 8.20. The number of nitrogens with one attached hydrogen (secondary N) is 1. The van der Waals surface area contributed by atoms with Crippen LogP contribution in [0.3, 0.4) is 0 Å². The highest BCUT2D eigenvalue weighted by Crippen LogP contribution is 2.49. The molecule has 0 aromatic carbocycles. The summed E-state index contributed by atoms with van der Waals surface area (Å²) in [6.07, 6.45) is 7.88. The van der Waals surface area contributed by atoms with E-state index >= 15 is 0 Å². The molecule has 3 atom stereocenters. The molecule has 1 aromatic heterocycles. The summed E-state index contributed by atoms with van der Waals surface area (Å²) in [4.78, 5) is 17.2. The zero-order valence-electron chi connectivity index (χ0n) is 10.1. The van der Waals surface area contributed by atoms with E-state index in [0.717, 1.165) is 21.8 Å². The van der Waals surface area contributed by atoms with E-state index in [-0.39, 0.29) is 5.91 Å². The van der Waals surface area contributed by atoms with Crippen molar-refractivity contribution in [3.8, 4) is 0 Å². The van der Waals surface area contributed by atoms with Gasteiger partial charge in [0.05, 0.1) is 0 Å². The first-order valence-corrected chi connectivity index (χ1v) is 7.24. The average molecular weight is 250 g/mol. The number of carbonyl (C=O) groups excluding carboxylic acids is 1. The van der Waals surface area contributed by atoms with Crippen molar-refractivity contribution in [2.75, 3.05) is 5.32 Å². The maximum atomic E-state index is 11.9. The van der Waals surface area contributed by atoms with Crippen LogP contribution in [0.5, 0.6) is 0 Å². The molecule has 0 radical (unpaired) electrons. The van der Waals surface area contributed by atoms with Crippen LogP contribution in [0, 0.1) is 24.7 Å².